The highest BCUT2D eigenvalue weighted by Crippen LogP contribution is 2.16. The summed E-state index contributed by atoms with van der Waals surface area (Å²) in [6.45, 7) is 6.17. The summed E-state index contributed by atoms with van der Waals surface area (Å²) in [6.07, 6.45) is 1.51. The first-order chi connectivity index (χ1) is 13.0. The van der Waals surface area contributed by atoms with E-state index in [1.807, 2.05) is 51.1 Å². The third kappa shape index (κ3) is 6.36. The number of pyridine rings is 2. The molecule has 7 heteroatoms. The molecule has 0 bridgehead atoms. The third-order valence-electron chi connectivity index (χ3n) is 3.82. The number of hydrogen-bond acceptors (Lipinski definition) is 7. The molecule has 2 aromatic heterocycles. The molecule has 0 amide bonds. The Morgan fingerprint density at radius 2 is 1.78 bits per heavy atom. The summed E-state index contributed by atoms with van der Waals surface area (Å²) in [7, 11) is 3.14. The summed E-state index contributed by atoms with van der Waals surface area (Å²) in [4.78, 5) is 19.3. The number of aromatic nitrogens is 2. The summed E-state index contributed by atoms with van der Waals surface area (Å²) >= 11 is 0. The van der Waals surface area contributed by atoms with Gasteiger partial charge in [0, 0.05) is 23.5 Å². The van der Waals surface area contributed by atoms with Gasteiger partial charge >= 0.3 is 0 Å². The summed E-state index contributed by atoms with van der Waals surface area (Å²) < 4.78 is 5.35. The third-order valence-corrected chi connectivity index (χ3v) is 3.82. The van der Waals surface area contributed by atoms with Crippen molar-refractivity contribution in [2.75, 3.05) is 20.8 Å². The van der Waals surface area contributed by atoms with E-state index in [1.165, 1.54) is 7.11 Å². The molecule has 0 aliphatic carbocycles. The lowest BCUT2D eigenvalue weighted by atomic mass is 10.2. The molecule has 2 aromatic rings. The quantitative estimate of drug-likeness (QED) is 0.383. The van der Waals surface area contributed by atoms with Crippen LogP contribution in [0.4, 0.5) is 0 Å². The minimum atomic E-state index is 0.489. The molecular weight excluding hydrogens is 344 g/mol. The topological polar surface area (TPSA) is 78.2 Å². The summed E-state index contributed by atoms with van der Waals surface area (Å²) in [5, 5.41) is 8.07. The SMILES string of the molecule is CON=C(C)c1cc(OC)cc(CCCON=C(C)c2cccc(C)n2)n1. The van der Waals surface area contributed by atoms with Gasteiger partial charge < -0.3 is 14.4 Å². The van der Waals surface area contributed by atoms with Gasteiger partial charge in [0.05, 0.1) is 18.5 Å². The Hall–Kier alpha value is -2.96. The normalized spacial score (nSPS) is 12.0. The first-order valence-corrected chi connectivity index (χ1v) is 8.77. The van der Waals surface area contributed by atoms with E-state index in [1.54, 1.807) is 7.11 Å². The van der Waals surface area contributed by atoms with Gasteiger partial charge in [-0.15, -0.1) is 0 Å². The lowest BCUT2D eigenvalue weighted by molar-refractivity contribution is 0.141. The van der Waals surface area contributed by atoms with E-state index in [0.717, 1.165) is 47.1 Å². The second-order valence-corrected chi connectivity index (χ2v) is 6.02. The van der Waals surface area contributed by atoms with Gasteiger partial charge in [-0.2, -0.15) is 0 Å². The highest BCUT2D eigenvalue weighted by molar-refractivity contribution is 5.97. The molecule has 7 nitrogen and oxygen atoms in total. The minimum Gasteiger partial charge on any atom is -0.497 e. The van der Waals surface area contributed by atoms with E-state index in [-0.39, 0.29) is 0 Å². The molecular formula is C20H26N4O3. The van der Waals surface area contributed by atoms with Crippen molar-refractivity contribution >= 4 is 11.4 Å². The van der Waals surface area contributed by atoms with E-state index >= 15 is 0 Å². The Morgan fingerprint density at radius 3 is 2.48 bits per heavy atom. The molecule has 0 spiro atoms. The number of hydrogen-bond donors (Lipinski definition) is 0. The molecule has 0 aliphatic rings. The lowest BCUT2D eigenvalue weighted by Gasteiger charge is -2.08. The van der Waals surface area contributed by atoms with Crippen molar-refractivity contribution in [2.45, 2.75) is 33.6 Å². The van der Waals surface area contributed by atoms with Gasteiger partial charge in [-0.1, -0.05) is 16.4 Å². The van der Waals surface area contributed by atoms with Crippen molar-refractivity contribution in [1.29, 1.82) is 0 Å². The van der Waals surface area contributed by atoms with Crippen molar-refractivity contribution in [2.24, 2.45) is 10.3 Å². The Kier molecular flexibility index (Phi) is 7.73. The lowest BCUT2D eigenvalue weighted by Crippen LogP contribution is -2.05. The van der Waals surface area contributed by atoms with Gasteiger partial charge in [-0.25, -0.2) is 0 Å². The zero-order valence-corrected chi connectivity index (χ0v) is 16.5. The van der Waals surface area contributed by atoms with E-state index in [4.69, 9.17) is 14.4 Å². The van der Waals surface area contributed by atoms with Crippen molar-refractivity contribution in [1.82, 2.24) is 9.97 Å². The molecule has 0 aliphatic heterocycles. The predicted octanol–water partition coefficient (Wildman–Crippen LogP) is 3.54. The van der Waals surface area contributed by atoms with Crippen LogP contribution in [0.1, 0.15) is 43.0 Å². The Balaban J connectivity index is 1.92. The van der Waals surface area contributed by atoms with Crippen LogP contribution in [0.15, 0.2) is 40.6 Å². The fourth-order valence-electron chi connectivity index (χ4n) is 2.43. The molecule has 0 fully saturated rings. The highest BCUT2D eigenvalue weighted by Gasteiger charge is 2.07. The zero-order valence-electron chi connectivity index (χ0n) is 16.5. The summed E-state index contributed by atoms with van der Waals surface area (Å²) in [5.41, 5.74) is 4.86. The van der Waals surface area contributed by atoms with Crippen LogP contribution in [0, 0.1) is 6.92 Å². The first-order valence-electron chi connectivity index (χ1n) is 8.77. The Bertz CT molecular complexity index is 819. The Morgan fingerprint density at radius 1 is 1.00 bits per heavy atom. The largest absolute Gasteiger partial charge is 0.497 e. The number of rotatable bonds is 9. The van der Waals surface area contributed by atoms with E-state index < -0.39 is 0 Å². The molecule has 0 N–H and O–H groups in total. The van der Waals surface area contributed by atoms with Crippen LogP contribution in [-0.4, -0.2) is 42.2 Å². The maximum Gasteiger partial charge on any atom is 0.122 e. The van der Waals surface area contributed by atoms with Gasteiger partial charge in [-0.05, 0) is 45.7 Å². The second-order valence-electron chi connectivity index (χ2n) is 6.02. The monoisotopic (exact) mass is 370 g/mol. The fraction of sp³-hybridized carbons (Fsp3) is 0.400. The van der Waals surface area contributed by atoms with Crippen LogP contribution in [0.2, 0.25) is 0 Å². The van der Waals surface area contributed by atoms with Crippen molar-refractivity contribution in [3.05, 3.63) is 53.1 Å². The van der Waals surface area contributed by atoms with Crippen molar-refractivity contribution in [3.8, 4) is 5.75 Å². The summed E-state index contributed by atoms with van der Waals surface area (Å²) in [5.74, 6) is 0.737. The van der Waals surface area contributed by atoms with Gasteiger partial charge in [0.1, 0.15) is 30.9 Å². The fourth-order valence-corrected chi connectivity index (χ4v) is 2.43. The van der Waals surface area contributed by atoms with Crippen LogP contribution < -0.4 is 4.74 Å². The molecule has 27 heavy (non-hydrogen) atoms. The summed E-state index contributed by atoms with van der Waals surface area (Å²) in [6, 6.07) is 9.57. The number of nitrogens with zero attached hydrogens (tertiary/aromatic N) is 4. The van der Waals surface area contributed by atoms with E-state index in [0.29, 0.717) is 12.3 Å². The molecule has 0 radical (unpaired) electrons. The standard InChI is InChI=1S/C20H26N4O3/c1-14-8-6-10-19(21-14)15(2)24-27-11-7-9-17-12-18(25-4)13-20(22-17)16(3)23-26-5/h6,8,10,12-13H,7,9,11H2,1-5H3. The van der Waals surface area contributed by atoms with E-state index in [9.17, 15) is 0 Å². The zero-order chi connectivity index (χ0) is 19.6. The van der Waals surface area contributed by atoms with Crippen molar-refractivity contribution < 1.29 is 14.4 Å². The molecule has 2 rings (SSSR count). The molecule has 144 valence electrons. The molecule has 0 saturated heterocycles. The van der Waals surface area contributed by atoms with Crippen molar-refractivity contribution in [3.63, 3.8) is 0 Å². The second kappa shape index (κ2) is 10.3. The predicted molar refractivity (Wildman–Crippen MR) is 105 cm³/mol. The van der Waals surface area contributed by atoms with Crippen LogP contribution in [0.3, 0.4) is 0 Å². The molecule has 0 unspecified atom stereocenters. The van der Waals surface area contributed by atoms with Gasteiger partial charge in [0.25, 0.3) is 0 Å². The molecule has 0 aromatic carbocycles. The number of oxime groups is 2. The number of aryl methyl sites for hydroxylation is 2. The average molecular weight is 370 g/mol. The van der Waals surface area contributed by atoms with Crippen LogP contribution >= 0.6 is 0 Å². The maximum absolute atomic E-state index is 5.43. The first kappa shape index (κ1) is 20.4. The van der Waals surface area contributed by atoms with Gasteiger partial charge in [-0.3, -0.25) is 9.97 Å². The van der Waals surface area contributed by atoms with Gasteiger partial charge in [0.15, 0.2) is 0 Å². The minimum absolute atomic E-state index is 0.489. The Labute approximate surface area is 160 Å². The van der Waals surface area contributed by atoms with E-state index in [2.05, 4.69) is 20.3 Å². The average Bonchev–Trinajstić information content (AvgIpc) is 2.67. The number of methoxy groups -OCH3 is 1. The van der Waals surface area contributed by atoms with Crippen LogP contribution in [0.5, 0.6) is 5.75 Å². The maximum atomic E-state index is 5.43. The molecule has 2 heterocycles. The van der Waals surface area contributed by atoms with Crippen LogP contribution in [-0.2, 0) is 16.1 Å². The molecule has 0 atom stereocenters. The van der Waals surface area contributed by atoms with Crippen LogP contribution in [0.25, 0.3) is 0 Å². The number of ether oxygens (including phenoxy) is 1. The highest BCUT2D eigenvalue weighted by atomic mass is 16.6. The molecule has 0 saturated carbocycles. The smallest absolute Gasteiger partial charge is 0.122 e. The van der Waals surface area contributed by atoms with Gasteiger partial charge in [0.2, 0.25) is 0 Å².